The summed E-state index contributed by atoms with van der Waals surface area (Å²) in [5, 5.41) is 7.09. The molecule has 0 aliphatic carbocycles. The smallest absolute Gasteiger partial charge is 0.190 e. The summed E-state index contributed by atoms with van der Waals surface area (Å²) in [5.74, 6) is 2.23. The summed E-state index contributed by atoms with van der Waals surface area (Å²) in [7, 11) is 1.87. The fourth-order valence-electron chi connectivity index (χ4n) is 4.30. The van der Waals surface area contributed by atoms with Crippen molar-refractivity contribution >= 4 is 5.96 Å². The number of hydrogen-bond donors (Lipinski definition) is 2. The highest BCUT2D eigenvalue weighted by molar-refractivity contribution is 5.79. The van der Waals surface area contributed by atoms with Crippen molar-refractivity contribution in [2.24, 2.45) is 22.2 Å². The highest BCUT2D eigenvalue weighted by atomic mass is 16.5. The maximum atomic E-state index is 6.09. The van der Waals surface area contributed by atoms with E-state index in [1.165, 1.54) is 45.3 Å². The Balaban J connectivity index is 1.74. The fourth-order valence-corrected chi connectivity index (χ4v) is 4.30. The van der Waals surface area contributed by atoms with Crippen molar-refractivity contribution in [3.63, 3.8) is 0 Å². The van der Waals surface area contributed by atoms with Gasteiger partial charge in [0, 0.05) is 39.2 Å². The van der Waals surface area contributed by atoms with Crippen molar-refractivity contribution in [1.82, 2.24) is 15.5 Å². The van der Waals surface area contributed by atoms with Crippen molar-refractivity contribution in [2.45, 2.75) is 59.5 Å². The van der Waals surface area contributed by atoms with Crippen LogP contribution in [-0.2, 0) is 4.74 Å². The van der Waals surface area contributed by atoms with Crippen LogP contribution in [0.1, 0.15) is 53.4 Å². The van der Waals surface area contributed by atoms with E-state index in [9.17, 15) is 0 Å². The molecule has 2 N–H and O–H groups in total. The van der Waals surface area contributed by atoms with Gasteiger partial charge in [-0.2, -0.15) is 0 Å². The van der Waals surface area contributed by atoms with Crippen LogP contribution in [0.2, 0.25) is 0 Å². The normalized spacial score (nSPS) is 29.0. The number of aliphatic imine (C=N–C) groups is 1. The molecule has 2 aliphatic heterocycles. The highest BCUT2D eigenvalue weighted by Crippen LogP contribution is 2.33. The zero-order valence-electron chi connectivity index (χ0n) is 17.1. The predicted molar refractivity (Wildman–Crippen MR) is 106 cm³/mol. The average Bonchev–Trinajstić information content (AvgIpc) is 3.02. The van der Waals surface area contributed by atoms with Crippen LogP contribution in [0.3, 0.4) is 0 Å². The number of guanidine groups is 1. The summed E-state index contributed by atoms with van der Waals surface area (Å²) in [6.07, 6.45) is 5.28. The quantitative estimate of drug-likeness (QED) is 0.570. The lowest BCUT2D eigenvalue weighted by Gasteiger charge is -2.40. The van der Waals surface area contributed by atoms with Crippen LogP contribution in [0.15, 0.2) is 4.99 Å². The van der Waals surface area contributed by atoms with E-state index in [0.717, 1.165) is 31.6 Å². The first-order valence-corrected chi connectivity index (χ1v) is 10.2. The van der Waals surface area contributed by atoms with Crippen LogP contribution in [-0.4, -0.2) is 63.3 Å². The van der Waals surface area contributed by atoms with Gasteiger partial charge in [0.2, 0.25) is 0 Å². The van der Waals surface area contributed by atoms with E-state index < -0.39 is 0 Å². The van der Waals surface area contributed by atoms with Gasteiger partial charge in [-0.05, 0) is 50.1 Å². The minimum atomic E-state index is 0.191. The summed E-state index contributed by atoms with van der Waals surface area (Å²) in [5.41, 5.74) is 0.191. The second kappa shape index (κ2) is 9.77. The van der Waals surface area contributed by atoms with Gasteiger partial charge in [-0.25, -0.2) is 0 Å². The summed E-state index contributed by atoms with van der Waals surface area (Å²) in [6, 6.07) is 0. The Kier molecular flexibility index (Phi) is 8.01. The van der Waals surface area contributed by atoms with Crippen LogP contribution in [0, 0.1) is 17.3 Å². The molecule has 2 heterocycles. The van der Waals surface area contributed by atoms with Gasteiger partial charge < -0.3 is 20.3 Å². The molecule has 0 radical (unpaired) electrons. The molecule has 2 rings (SSSR count). The maximum Gasteiger partial charge on any atom is 0.190 e. The van der Waals surface area contributed by atoms with Crippen molar-refractivity contribution in [3.8, 4) is 0 Å². The number of likely N-dealkylation sites (tertiary alicyclic amines) is 1. The SMILES string of the molecule is CCCN1CCC(CNC(=NC)NCC2CCCOC2C(C)(C)C)C1. The molecule has 3 atom stereocenters. The van der Waals surface area contributed by atoms with Crippen molar-refractivity contribution in [3.05, 3.63) is 0 Å². The second-order valence-corrected chi connectivity index (χ2v) is 8.85. The molecule has 146 valence electrons. The molecular weight excluding hydrogens is 312 g/mol. The van der Waals surface area contributed by atoms with Crippen molar-refractivity contribution in [1.29, 1.82) is 0 Å². The van der Waals surface area contributed by atoms with E-state index in [0.29, 0.717) is 12.0 Å². The molecule has 0 aromatic rings. The standard InChI is InChI=1S/C20H40N4O/c1-6-10-24-11-9-16(15-24)13-22-19(21-5)23-14-17-8-7-12-25-18(17)20(2,3)4/h16-18H,6-15H2,1-5H3,(H2,21,22,23). The molecule has 0 amide bonds. The molecule has 0 spiro atoms. The molecule has 0 saturated carbocycles. The minimum Gasteiger partial charge on any atom is -0.377 e. The monoisotopic (exact) mass is 352 g/mol. The first-order chi connectivity index (χ1) is 11.9. The van der Waals surface area contributed by atoms with Gasteiger partial charge in [0.1, 0.15) is 0 Å². The molecule has 0 aromatic carbocycles. The van der Waals surface area contributed by atoms with Crippen LogP contribution < -0.4 is 10.6 Å². The zero-order valence-corrected chi connectivity index (χ0v) is 17.1. The minimum absolute atomic E-state index is 0.191. The van der Waals surface area contributed by atoms with Crippen LogP contribution in [0.25, 0.3) is 0 Å². The molecule has 2 aliphatic rings. The Labute approximate surface area is 155 Å². The number of hydrogen-bond acceptors (Lipinski definition) is 3. The van der Waals surface area contributed by atoms with Crippen LogP contribution in [0.5, 0.6) is 0 Å². The largest absolute Gasteiger partial charge is 0.377 e. The highest BCUT2D eigenvalue weighted by Gasteiger charge is 2.35. The van der Waals surface area contributed by atoms with E-state index in [1.807, 2.05) is 7.05 Å². The summed E-state index contributed by atoms with van der Waals surface area (Å²) >= 11 is 0. The Hall–Kier alpha value is -0.810. The molecule has 5 nitrogen and oxygen atoms in total. The van der Waals surface area contributed by atoms with E-state index in [4.69, 9.17) is 4.74 Å². The van der Waals surface area contributed by atoms with Crippen molar-refractivity contribution < 1.29 is 4.74 Å². The Bertz CT molecular complexity index is 418. The van der Waals surface area contributed by atoms with Crippen molar-refractivity contribution in [2.75, 3.05) is 46.4 Å². The van der Waals surface area contributed by atoms with Gasteiger partial charge in [0.05, 0.1) is 6.10 Å². The molecule has 0 bridgehead atoms. The molecule has 25 heavy (non-hydrogen) atoms. The average molecular weight is 353 g/mol. The lowest BCUT2D eigenvalue weighted by molar-refractivity contribution is -0.0835. The zero-order chi connectivity index (χ0) is 18.3. The molecule has 2 saturated heterocycles. The van der Waals surface area contributed by atoms with Gasteiger partial charge in [-0.1, -0.05) is 27.7 Å². The molecule has 0 aromatic heterocycles. The summed E-state index contributed by atoms with van der Waals surface area (Å²) < 4.78 is 6.09. The van der Waals surface area contributed by atoms with Gasteiger partial charge in [0.25, 0.3) is 0 Å². The van der Waals surface area contributed by atoms with Gasteiger partial charge in [0.15, 0.2) is 5.96 Å². The lowest BCUT2D eigenvalue weighted by Crippen LogP contribution is -2.48. The van der Waals surface area contributed by atoms with E-state index in [1.54, 1.807) is 0 Å². The second-order valence-electron chi connectivity index (χ2n) is 8.85. The third kappa shape index (κ3) is 6.45. The molecule has 3 unspecified atom stereocenters. The van der Waals surface area contributed by atoms with Gasteiger partial charge in [-0.15, -0.1) is 0 Å². The fraction of sp³-hybridized carbons (Fsp3) is 0.950. The van der Waals surface area contributed by atoms with Gasteiger partial charge in [-0.3, -0.25) is 4.99 Å². The Morgan fingerprint density at radius 3 is 2.64 bits per heavy atom. The first-order valence-electron chi connectivity index (χ1n) is 10.2. The molecular formula is C20H40N4O. The van der Waals surface area contributed by atoms with E-state index in [-0.39, 0.29) is 5.41 Å². The van der Waals surface area contributed by atoms with Crippen LogP contribution >= 0.6 is 0 Å². The van der Waals surface area contributed by atoms with E-state index >= 15 is 0 Å². The number of nitrogens with one attached hydrogen (secondary N) is 2. The first kappa shape index (κ1) is 20.5. The third-order valence-electron chi connectivity index (χ3n) is 5.52. The number of ether oxygens (including phenoxy) is 1. The predicted octanol–water partition coefficient (Wildman–Crippen LogP) is 2.72. The number of nitrogens with zero attached hydrogens (tertiary/aromatic N) is 2. The maximum absolute atomic E-state index is 6.09. The van der Waals surface area contributed by atoms with Gasteiger partial charge >= 0.3 is 0 Å². The summed E-state index contributed by atoms with van der Waals surface area (Å²) in [4.78, 5) is 7.00. The Morgan fingerprint density at radius 2 is 1.96 bits per heavy atom. The molecule has 5 heteroatoms. The topological polar surface area (TPSA) is 48.9 Å². The number of rotatable bonds is 6. The Morgan fingerprint density at radius 1 is 1.20 bits per heavy atom. The molecule has 2 fully saturated rings. The van der Waals surface area contributed by atoms with E-state index in [2.05, 4.69) is 48.2 Å². The lowest BCUT2D eigenvalue weighted by atomic mass is 9.78. The van der Waals surface area contributed by atoms with Crippen LogP contribution in [0.4, 0.5) is 0 Å². The summed E-state index contributed by atoms with van der Waals surface area (Å²) in [6.45, 7) is 15.7. The third-order valence-corrected chi connectivity index (χ3v) is 5.52.